The fourth-order valence-corrected chi connectivity index (χ4v) is 285. The molecule has 0 radical (unpaired) electrons. The SMILES string of the molecule is S=S=S=S=S=S=S=S=S=S=S=S=S=S=S=S=S=S=S=S=S=S=S=S=S=S=S=S=S=S=S=S=S=S=S=S=S=S=S=S=S=S=S=S=S=S=S=S=S=S=S=S=S=S=S=S=S=S=S=S=S=S=S=S=S=S=S=S=S=S=S=S=S=S=S=S=S=S=S=S=S=S=S=S=S=S=S=S=S=S=S=S=S=S=S=S=S=S=S=S=S=S=S=S=S=S.c1ccc(-c2ccccc2Nc2ccc3ccc4ccccc4c3c2)cc1. The van der Waals surface area contributed by atoms with Crippen LogP contribution >= 0.6 is 0 Å². The Hall–Kier alpha value is 19.7. The summed E-state index contributed by atoms with van der Waals surface area (Å²) in [7, 11) is 188. The van der Waals surface area contributed by atoms with Crippen LogP contribution in [0.4, 0.5) is 11.4 Å². The molecular formula is C26H19NS106. The molecule has 133 heavy (non-hydrogen) atoms. The van der Waals surface area contributed by atoms with Crippen LogP contribution in [-0.2, 0) is 946 Å². The number of hydrogen-bond acceptors (Lipinski definition) is 3. The van der Waals surface area contributed by atoms with Crippen molar-refractivity contribution in [2.24, 2.45) is 0 Å². The molecule has 0 aliphatic heterocycles. The van der Waals surface area contributed by atoms with E-state index in [4.69, 9.17) is 22.4 Å². The molecule has 0 aromatic heterocycles. The molecule has 0 aliphatic rings. The van der Waals surface area contributed by atoms with Crippen LogP contribution < -0.4 is 5.32 Å². The number of benzene rings is 5. The normalized spacial score (nSPS) is 8.51. The molecular weight excluding hydrogens is 3730 g/mol. The van der Waals surface area contributed by atoms with Gasteiger partial charge in [-0.1, -0.05) is 91.0 Å². The van der Waals surface area contributed by atoms with Crippen molar-refractivity contribution < 1.29 is 0 Å². The smallest absolute Gasteiger partial charge is 0.0463 e. The quantitative estimate of drug-likeness (QED) is 0.193. The summed E-state index contributed by atoms with van der Waals surface area (Å²) in [6.07, 6.45) is 0. The first-order valence-electron chi connectivity index (χ1n) is 26.7. The van der Waals surface area contributed by atoms with E-state index in [-0.39, 0.29) is 0 Å². The predicted octanol–water partition coefficient (Wildman–Crippen LogP) is 7.15. The van der Waals surface area contributed by atoms with E-state index in [0.29, 0.717) is 0 Å². The molecule has 1 nitrogen and oxygen atoms in total. The first-order chi connectivity index (χ1) is 66.3. The molecule has 1 N–H and O–H groups in total. The van der Waals surface area contributed by atoms with Crippen molar-refractivity contribution in [3.8, 4) is 11.1 Å². The van der Waals surface area contributed by atoms with Gasteiger partial charge in [-0.3, -0.25) is 0 Å². The van der Waals surface area contributed by atoms with Crippen LogP contribution in [0.2, 0.25) is 0 Å². The first-order valence-corrected chi connectivity index (χ1v) is 167. The maximum absolute atomic E-state index is 4.83. The van der Waals surface area contributed by atoms with Gasteiger partial charge in [0.05, 0.1) is 0 Å². The molecule has 0 spiro atoms. The minimum Gasteiger partial charge on any atom is -0.355 e. The summed E-state index contributed by atoms with van der Waals surface area (Å²) in [5.74, 6) is 0. The van der Waals surface area contributed by atoms with E-state index in [9.17, 15) is 0 Å². The van der Waals surface area contributed by atoms with Crippen molar-refractivity contribution in [2.75, 3.05) is 5.32 Å². The van der Waals surface area contributed by atoms with Crippen LogP contribution in [0.1, 0.15) is 0 Å². The van der Waals surface area contributed by atoms with Crippen molar-refractivity contribution >= 4 is 979 Å². The standard InChI is InChI=1S/C26H19N.S106/c1-2-8-19(9-3-1)24-12-6-7-13-26(24)27-22-17-16-21-15-14-20-10-4-5-11-23(20)25(21)18-22;1-3-5-7-9-11-13-15-17-19-21-23-25-27-29-31-33-35-37-39-41-43-45-47-49-51-53-55-57-59-61-63-65-67-69-71-73-75-77-79-81-83-85-87-89-91-93-95-97-99-101-103-105-106-104-102-100-98-96-94-92-90-88-86-84-82-80-78-76-74-72-70-68-66-64-62-60-58-56-54-52-50-48-46-44-42-40-38-36-34-32-30-28-26-24-22-20-18-16-14-12-10-8-6-4-2/h1-18,27H;. The second kappa shape index (κ2) is 124. The largest absolute Gasteiger partial charge is 0.355 e. The molecule has 0 saturated carbocycles. The topological polar surface area (TPSA) is 12.0 Å². The molecule has 0 saturated heterocycles. The Morgan fingerprint density at radius 3 is 0.496 bits per heavy atom. The van der Waals surface area contributed by atoms with Gasteiger partial charge < -0.3 is 5.32 Å². The summed E-state index contributed by atoms with van der Waals surface area (Å²) in [4.78, 5) is 0. The van der Waals surface area contributed by atoms with Gasteiger partial charge in [-0.15, -0.1) is 0 Å². The predicted molar refractivity (Wildman–Crippen MR) is 897 cm³/mol. The van der Waals surface area contributed by atoms with Crippen molar-refractivity contribution in [3.05, 3.63) is 109 Å². The van der Waals surface area contributed by atoms with Crippen molar-refractivity contribution in [2.45, 2.75) is 0 Å². The summed E-state index contributed by atoms with van der Waals surface area (Å²) in [5.41, 5.74) is 4.63. The first kappa shape index (κ1) is 145. The maximum atomic E-state index is 4.83. The zero-order valence-electron chi connectivity index (χ0n) is 58.2. The molecule has 0 amide bonds. The number of anilines is 2. The molecule has 0 heterocycles. The number of para-hydroxylation sites is 1. The van der Waals surface area contributed by atoms with Gasteiger partial charge in [-0.25, -0.2) is 0 Å². The second-order valence-corrected chi connectivity index (χ2v) is 198. The molecule has 0 unspecified atom stereocenters. The molecule has 5 rings (SSSR count). The van der Waals surface area contributed by atoms with E-state index in [0.717, 1.165) is 11.4 Å². The third-order valence-electron chi connectivity index (χ3n) is 7.90. The third kappa shape index (κ3) is 102. The van der Waals surface area contributed by atoms with Crippen molar-refractivity contribution in [3.63, 3.8) is 0 Å². The lowest BCUT2D eigenvalue weighted by Gasteiger charge is -2.13. The highest BCUT2D eigenvalue weighted by Crippen LogP contribution is 2.33. The van der Waals surface area contributed by atoms with Crippen molar-refractivity contribution in [1.82, 2.24) is 0 Å². The van der Waals surface area contributed by atoms with Gasteiger partial charge in [0, 0.05) is 963 Å². The number of rotatable bonds is 3. The van der Waals surface area contributed by atoms with Gasteiger partial charge in [0.25, 0.3) is 0 Å². The fraction of sp³-hybridized carbons (Fsp3) is 0. The summed E-state index contributed by atoms with van der Waals surface area (Å²) in [5, 5.41) is 8.72. The lowest BCUT2D eigenvalue weighted by Crippen LogP contribution is -1.93. The van der Waals surface area contributed by atoms with E-state index in [1.807, 2.05) is 805 Å². The van der Waals surface area contributed by atoms with E-state index in [1.165, 1.54) is 50.4 Å². The maximum Gasteiger partial charge on any atom is 0.0463 e. The van der Waals surface area contributed by atoms with Crippen LogP contribution in [0.25, 0.3) is 32.7 Å². The summed E-state index contributed by atoms with van der Waals surface area (Å²) in [6.45, 7) is 0. The third-order valence-corrected chi connectivity index (χ3v) is 237. The van der Waals surface area contributed by atoms with Gasteiger partial charge in [-0.05, 0) is 45.3 Å². The summed E-state index contributed by atoms with van der Waals surface area (Å²) < 4.78 is 0. The van der Waals surface area contributed by atoms with Gasteiger partial charge in [0.1, 0.15) is 0 Å². The Kier molecular flexibility index (Phi) is 135. The van der Waals surface area contributed by atoms with Crippen LogP contribution in [-0.4, -0.2) is 0 Å². The molecule has 0 atom stereocenters. The Balaban J connectivity index is 0.00000114. The second-order valence-electron chi connectivity index (χ2n) is 13.8. The van der Waals surface area contributed by atoms with Gasteiger partial charge in [-0.2, -0.15) is 0 Å². The minimum absolute atomic E-state index is 1.10. The van der Waals surface area contributed by atoms with Crippen LogP contribution in [0.15, 0.2) is 109 Å². The monoisotopic (exact) mass is 3730 g/mol. The lowest BCUT2D eigenvalue weighted by atomic mass is 10.0. The van der Waals surface area contributed by atoms with Crippen LogP contribution in [0.3, 0.4) is 0 Å². The zero-order valence-corrected chi connectivity index (χ0v) is 145. The van der Waals surface area contributed by atoms with Gasteiger partial charge in [0.15, 0.2) is 0 Å². The minimum atomic E-state index is 1.10. The summed E-state index contributed by atoms with van der Waals surface area (Å²) >= 11 is 9.66. The Morgan fingerprint density at radius 1 is 0.135 bits per heavy atom. The highest BCUT2D eigenvalue weighted by Gasteiger charge is 2.07. The molecule has 0 fully saturated rings. The average molecular weight is 3740 g/mol. The Labute approximate surface area is 1070 Å². The Morgan fingerprint density at radius 2 is 0.293 bits per heavy atom. The number of fused-ring (bicyclic) bond motifs is 3. The van der Waals surface area contributed by atoms with Gasteiger partial charge in [0.2, 0.25) is 0 Å². The molecule has 0 bridgehead atoms. The highest BCUT2D eigenvalue weighted by molar-refractivity contribution is 8.88. The lowest BCUT2D eigenvalue weighted by molar-refractivity contribution is 1.55. The molecule has 0 aliphatic carbocycles. The van der Waals surface area contributed by atoms with Crippen LogP contribution in [0, 0.1) is 0 Å². The highest BCUT2D eigenvalue weighted by atomic mass is 33.6. The van der Waals surface area contributed by atoms with E-state index < -0.39 is 0 Å². The molecule has 107 heteroatoms. The van der Waals surface area contributed by atoms with E-state index >= 15 is 0 Å². The summed E-state index contributed by atoms with van der Waals surface area (Å²) in [6, 6.07) is 38.5. The fourth-order valence-electron chi connectivity index (χ4n) is 4.85. The molecule has 764 valence electrons. The van der Waals surface area contributed by atoms with Crippen LogP contribution in [0.5, 0.6) is 0 Å². The Bertz CT molecular complexity index is 10100. The van der Waals surface area contributed by atoms with E-state index in [2.05, 4.69) is 108 Å². The number of hydrogen-bond donors (Lipinski definition) is 1. The number of nitrogens with one attached hydrogen (secondary N) is 1. The molecule has 5 aromatic rings. The molecule has 5 aromatic carbocycles. The van der Waals surface area contributed by atoms with Crippen molar-refractivity contribution in [1.29, 1.82) is 0 Å². The van der Waals surface area contributed by atoms with Gasteiger partial charge >= 0.3 is 0 Å². The van der Waals surface area contributed by atoms with E-state index in [1.54, 1.807) is 107 Å². The zero-order chi connectivity index (χ0) is 93.6. The average Bonchev–Trinajstić information content (AvgIpc) is 0.784.